The topological polar surface area (TPSA) is 66.6 Å². The number of nitrogens with one attached hydrogen (secondary N) is 1. The first-order valence-electron chi connectivity index (χ1n) is 9.98. The van der Waals surface area contributed by atoms with E-state index in [9.17, 15) is 0 Å². The zero-order valence-electron chi connectivity index (χ0n) is 17.6. The molecule has 156 valence electrons. The van der Waals surface area contributed by atoms with Crippen molar-refractivity contribution in [2.24, 2.45) is 4.99 Å². The van der Waals surface area contributed by atoms with Crippen molar-refractivity contribution >= 4 is 22.5 Å². The van der Waals surface area contributed by atoms with E-state index >= 15 is 0 Å². The SMILES string of the molecule is C=CNC1=NC=C/C1=C(/C)N1C=C(c2cnc(-c3cccnc3)o2)SCC1.CCC. The second-order valence-corrected chi connectivity index (χ2v) is 7.79. The number of oxazole rings is 1. The van der Waals surface area contributed by atoms with Gasteiger partial charge in [-0.1, -0.05) is 26.8 Å². The number of amidine groups is 1. The molecule has 2 aromatic rings. The van der Waals surface area contributed by atoms with Crippen LogP contribution in [0.2, 0.25) is 0 Å². The van der Waals surface area contributed by atoms with E-state index in [1.165, 1.54) is 6.42 Å². The predicted molar refractivity (Wildman–Crippen MR) is 125 cm³/mol. The van der Waals surface area contributed by atoms with Gasteiger partial charge in [-0.3, -0.25) is 4.98 Å². The van der Waals surface area contributed by atoms with Crippen molar-refractivity contribution in [1.29, 1.82) is 0 Å². The largest absolute Gasteiger partial charge is 0.435 e. The van der Waals surface area contributed by atoms with Crippen LogP contribution in [0.25, 0.3) is 16.4 Å². The van der Waals surface area contributed by atoms with Crippen molar-refractivity contribution in [1.82, 2.24) is 20.2 Å². The minimum absolute atomic E-state index is 0.579. The fourth-order valence-electron chi connectivity index (χ4n) is 2.90. The normalized spacial score (nSPS) is 17.0. The van der Waals surface area contributed by atoms with Gasteiger partial charge in [-0.15, -0.1) is 11.8 Å². The Labute approximate surface area is 182 Å². The van der Waals surface area contributed by atoms with Crippen molar-refractivity contribution in [3.63, 3.8) is 0 Å². The van der Waals surface area contributed by atoms with Gasteiger partial charge in [0.25, 0.3) is 0 Å². The summed E-state index contributed by atoms with van der Waals surface area (Å²) in [4.78, 5) is 16.2. The molecule has 0 atom stereocenters. The lowest BCUT2D eigenvalue weighted by atomic mass is 10.2. The Morgan fingerprint density at radius 3 is 2.93 bits per heavy atom. The lowest BCUT2D eigenvalue weighted by Gasteiger charge is -2.27. The number of hydrogen-bond donors (Lipinski definition) is 1. The van der Waals surface area contributed by atoms with Crippen LogP contribution in [0.3, 0.4) is 0 Å². The molecule has 2 aliphatic rings. The summed E-state index contributed by atoms with van der Waals surface area (Å²) in [6.45, 7) is 11.0. The molecule has 0 spiro atoms. The number of thioether (sulfide) groups is 1. The van der Waals surface area contributed by atoms with E-state index in [-0.39, 0.29) is 0 Å². The van der Waals surface area contributed by atoms with Crippen LogP contribution < -0.4 is 5.32 Å². The first-order chi connectivity index (χ1) is 14.7. The maximum Gasteiger partial charge on any atom is 0.228 e. The minimum Gasteiger partial charge on any atom is -0.435 e. The van der Waals surface area contributed by atoms with Gasteiger partial charge in [-0.05, 0) is 31.3 Å². The molecule has 0 fully saturated rings. The minimum atomic E-state index is 0.579. The third-order valence-electron chi connectivity index (χ3n) is 4.28. The average molecular weight is 422 g/mol. The number of aliphatic imine (C=N–C) groups is 1. The second kappa shape index (κ2) is 10.6. The summed E-state index contributed by atoms with van der Waals surface area (Å²) in [6, 6.07) is 3.81. The van der Waals surface area contributed by atoms with Gasteiger partial charge in [-0.25, -0.2) is 9.98 Å². The van der Waals surface area contributed by atoms with E-state index in [4.69, 9.17) is 4.42 Å². The molecule has 0 amide bonds. The third-order valence-corrected chi connectivity index (χ3v) is 5.28. The van der Waals surface area contributed by atoms with Crippen LogP contribution >= 0.6 is 11.8 Å². The molecule has 4 heterocycles. The van der Waals surface area contributed by atoms with Gasteiger partial charge in [0.05, 0.1) is 16.7 Å². The van der Waals surface area contributed by atoms with Gasteiger partial charge in [0.2, 0.25) is 5.89 Å². The second-order valence-electron chi connectivity index (χ2n) is 6.65. The Kier molecular flexibility index (Phi) is 7.68. The lowest BCUT2D eigenvalue weighted by Crippen LogP contribution is -2.26. The van der Waals surface area contributed by atoms with E-state index in [1.54, 1.807) is 42.8 Å². The van der Waals surface area contributed by atoms with Gasteiger partial charge >= 0.3 is 0 Å². The van der Waals surface area contributed by atoms with Gasteiger partial charge < -0.3 is 14.6 Å². The molecule has 0 bridgehead atoms. The predicted octanol–water partition coefficient (Wildman–Crippen LogP) is 5.43. The molecule has 0 radical (unpaired) electrons. The first kappa shape index (κ1) is 21.6. The number of aromatic nitrogens is 2. The average Bonchev–Trinajstić information content (AvgIpc) is 3.45. The van der Waals surface area contributed by atoms with Crippen LogP contribution in [0.5, 0.6) is 0 Å². The third kappa shape index (κ3) is 5.10. The van der Waals surface area contributed by atoms with Crippen molar-refractivity contribution in [3.8, 4) is 11.5 Å². The maximum atomic E-state index is 5.98. The van der Waals surface area contributed by atoms with Crippen molar-refractivity contribution < 1.29 is 4.42 Å². The molecule has 0 saturated heterocycles. The highest BCUT2D eigenvalue weighted by molar-refractivity contribution is 8.08. The van der Waals surface area contributed by atoms with Gasteiger partial charge in [0.15, 0.2) is 5.76 Å². The number of pyridine rings is 1. The van der Waals surface area contributed by atoms with Crippen molar-refractivity contribution in [2.75, 3.05) is 12.3 Å². The summed E-state index contributed by atoms with van der Waals surface area (Å²) >= 11 is 1.77. The van der Waals surface area contributed by atoms with Crippen LogP contribution in [-0.4, -0.2) is 33.0 Å². The first-order valence-corrected chi connectivity index (χ1v) is 11.0. The van der Waals surface area contributed by atoms with E-state index in [0.717, 1.165) is 45.6 Å². The highest BCUT2D eigenvalue weighted by Gasteiger charge is 2.20. The molecule has 0 saturated carbocycles. The summed E-state index contributed by atoms with van der Waals surface area (Å²) in [5, 5.41) is 3.09. The van der Waals surface area contributed by atoms with Crippen LogP contribution in [-0.2, 0) is 0 Å². The monoisotopic (exact) mass is 421 g/mol. The van der Waals surface area contributed by atoms with Crippen LogP contribution in [0.4, 0.5) is 0 Å². The van der Waals surface area contributed by atoms with Crippen molar-refractivity contribution in [3.05, 3.63) is 79.0 Å². The Balaban J connectivity index is 0.000000806. The van der Waals surface area contributed by atoms with E-state index in [1.807, 2.05) is 18.2 Å². The summed E-state index contributed by atoms with van der Waals surface area (Å²) in [5.41, 5.74) is 3.06. The van der Waals surface area contributed by atoms with Gasteiger partial charge in [0.1, 0.15) is 5.84 Å². The molecule has 0 unspecified atom stereocenters. The highest BCUT2D eigenvalue weighted by Crippen LogP contribution is 2.35. The highest BCUT2D eigenvalue weighted by atomic mass is 32.2. The van der Waals surface area contributed by atoms with Crippen LogP contribution in [0.1, 0.15) is 33.0 Å². The summed E-state index contributed by atoms with van der Waals surface area (Å²) in [6.07, 6.45) is 14.1. The molecule has 1 N–H and O–H groups in total. The number of allylic oxidation sites excluding steroid dienone is 1. The van der Waals surface area contributed by atoms with Crippen LogP contribution in [0.15, 0.2) is 82.7 Å². The van der Waals surface area contributed by atoms with E-state index in [0.29, 0.717) is 5.89 Å². The Bertz CT molecular complexity index is 988. The fourth-order valence-corrected chi connectivity index (χ4v) is 3.85. The standard InChI is InChI=1S/C20H19N5OS.C3H8/c1-3-22-19-16(6-8-23-19)14(2)25-9-10-27-18(13-25)17-12-24-20(26-17)15-5-4-7-21-11-15;1-3-2/h3-8,11-13H,1,9-10H2,2H3,(H,22,23);3H2,1-2H3/b16-14+;. The van der Waals surface area contributed by atoms with E-state index in [2.05, 4.69) is 58.7 Å². The molecular weight excluding hydrogens is 394 g/mol. The summed E-state index contributed by atoms with van der Waals surface area (Å²) < 4.78 is 5.98. The zero-order chi connectivity index (χ0) is 21.3. The van der Waals surface area contributed by atoms with Gasteiger partial charge in [-0.2, -0.15) is 0 Å². The number of hydrogen-bond acceptors (Lipinski definition) is 7. The summed E-state index contributed by atoms with van der Waals surface area (Å²) in [7, 11) is 0. The number of rotatable bonds is 4. The molecule has 4 rings (SSSR count). The molecule has 2 aliphatic heterocycles. The molecule has 7 heteroatoms. The summed E-state index contributed by atoms with van der Waals surface area (Å²) in [5.74, 6) is 3.12. The molecule has 30 heavy (non-hydrogen) atoms. The van der Waals surface area contributed by atoms with Crippen molar-refractivity contribution in [2.45, 2.75) is 27.2 Å². The molecule has 0 aromatic carbocycles. The lowest BCUT2D eigenvalue weighted by molar-refractivity contribution is 0.490. The Morgan fingerprint density at radius 2 is 2.20 bits per heavy atom. The maximum absolute atomic E-state index is 5.98. The molecule has 0 aliphatic carbocycles. The Morgan fingerprint density at radius 1 is 1.37 bits per heavy atom. The van der Waals surface area contributed by atoms with E-state index < -0.39 is 0 Å². The molecule has 6 nitrogen and oxygen atoms in total. The zero-order valence-corrected chi connectivity index (χ0v) is 18.4. The smallest absolute Gasteiger partial charge is 0.228 e. The Hall–Kier alpha value is -3.06. The molecule has 2 aromatic heterocycles. The van der Waals surface area contributed by atoms with Gasteiger partial charge in [0, 0.05) is 48.4 Å². The number of nitrogens with zero attached hydrogens (tertiary/aromatic N) is 4. The quantitative estimate of drug-likeness (QED) is 0.710. The van der Waals surface area contributed by atoms with Crippen LogP contribution in [0, 0.1) is 0 Å². The molecular formula is C23H27N5OS. The fraction of sp³-hybridized carbons (Fsp3) is 0.261.